The molecule has 1 aromatic heterocycles. The second-order valence-electron chi connectivity index (χ2n) is 6.08. The Kier molecular flexibility index (Phi) is 4.82. The normalized spacial score (nSPS) is 14.2. The number of aliphatic imine (C=N–C) groups is 1. The summed E-state index contributed by atoms with van der Waals surface area (Å²) in [6.45, 7) is 2.28. The summed E-state index contributed by atoms with van der Waals surface area (Å²) in [5, 5.41) is 8.50. The maximum absolute atomic E-state index is 6.06. The van der Waals surface area contributed by atoms with E-state index in [1.165, 1.54) is 0 Å². The first-order valence-corrected chi connectivity index (χ1v) is 8.74. The van der Waals surface area contributed by atoms with Crippen molar-refractivity contribution in [2.24, 2.45) is 10.1 Å². The van der Waals surface area contributed by atoms with Crippen molar-refractivity contribution in [3.8, 4) is 5.75 Å². The van der Waals surface area contributed by atoms with Crippen LogP contribution in [0.1, 0.15) is 17.5 Å². The predicted molar refractivity (Wildman–Crippen MR) is 105 cm³/mol. The van der Waals surface area contributed by atoms with Crippen molar-refractivity contribution in [1.29, 1.82) is 0 Å². The van der Waals surface area contributed by atoms with E-state index in [1.54, 1.807) is 6.21 Å². The Balaban J connectivity index is 1.53. The minimum absolute atomic E-state index is 0.528. The van der Waals surface area contributed by atoms with Crippen LogP contribution in [0.2, 0.25) is 0 Å². The standard InChI is InChI=1S/C20H21N5O/c1-2-6-15(7-3-1)14-26-18-9-4-8-17-19(18)16(12-23-17)13-24-25-20-21-10-5-11-22-20/h1-4,6-9,12-13,23H,5,10-11,14H2,(H2,21,22,25). The Morgan fingerprint density at radius 1 is 1.15 bits per heavy atom. The molecule has 132 valence electrons. The number of nitrogens with one attached hydrogen (secondary N) is 3. The molecule has 1 aliphatic heterocycles. The molecule has 0 bridgehead atoms. The number of ether oxygens (including phenoxy) is 1. The predicted octanol–water partition coefficient (Wildman–Crippen LogP) is 3.02. The zero-order valence-corrected chi connectivity index (χ0v) is 14.4. The van der Waals surface area contributed by atoms with Crippen LogP contribution < -0.4 is 15.5 Å². The van der Waals surface area contributed by atoms with Crippen molar-refractivity contribution in [2.45, 2.75) is 13.0 Å². The van der Waals surface area contributed by atoms with Gasteiger partial charge < -0.3 is 15.0 Å². The fourth-order valence-corrected chi connectivity index (χ4v) is 2.90. The fourth-order valence-electron chi connectivity index (χ4n) is 2.90. The first-order chi connectivity index (χ1) is 12.9. The van der Waals surface area contributed by atoms with Crippen LogP contribution >= 0.6 is 0 Å². The molecular weight excluding hydrogens is 326 g/mol. The lowest BCUT2D eigenvalue weighted by molar-refractivity contribution is 0.310. The highest BCUT2D eigenvalue weighted by Gasteiger charge is 2.09. The summed E-state index contributed by atoms with van der Waals surface area (Å²) in [5.41, 5.74) is 6.08. The van der Waals surface area contributed by atoms with Gasteiger partial charge in [-0.05, 0) is 24.1 Å². The van der Waals surface area contributed by atoms with E-state index in [-0.39, 0.29) is 0 Å². The Morgan fingerprint density at radius 3 is 2.92 bits per heavy atom. The van der Waals surface area contributed by atoms with Crippen LogP contribution in [0.3, 0.4) is 0 Å². The van der Waals surface area contributed by atoms with Crippen LogP contribution in [0, 0.1) is 0 Å². The largest absolute Gasteiger partial charge is 0.488 e. The van der Waals surface area contributed by atoms with E-state index in [9.17, 15) is 0 Å². The average Bonchev–Trinajstić information content (AvgIpc) is 3.12. The van der Waals surface area contributed by atoms with Crippen LogP contribution in [0.15, 0.2) is 64.8 Å². The molecule has 0 aliphatic carbocycles. The van der Waals surface area contributed by atoms with E-state index >= 15 is 0 Å². The SMILES string of the molecule is C(=NNC1=NCCCN1)c1c[nH]c2cccc(OCc3ccccc3)c12. The van der Waals surface area contributed by atoms with Crippen LogP contribution in [-0.2, 0) is 6.61 Å². The van der Waals surface area contributed by atoms with E-state index in [4.69, 9.17) is 4.74 Å². The fraction of sp³-hybridized carbons (Fsp3) is 0.200. The summed E-state index contributed by atoms with van der Waals surface area (Å²) in [6, 6.07) is 16.1. The zero-order valence-electron chi connectivity index (χ0n) is 14.4. The Labute approximate surface area is 152 Å². The first kappa shape index (κ1) is 16.2. The molecule has 0 fully saturated rings. The van der Waals surface area contributed by atoms with Crippen molar-refractivity contribution in [2.75, 3.05) is 13.1 Å². The van der Waals surface area contributed by atoms with Gasteiger partial charge in [-0.2, -0.15) is 5.10 Å². The number of hydrogen-bond donors (Lipinski definition) is 3. The number of nitrogens with zero attached hydrogens (tertiary/aromatic N) is 2. The Bertz CT molecular complexity index is 930. The first-order valence-electron chi connectivity index (χ1n) is 8.74. The quantitative estimate of drug-likeness (QED) is 0.491. The number of rotatable bonds is 5. The molecule has 4 rings (SSSR count). The number of fused-ring (bicyclic) bond motifs is 1. The van der Waals surface area contributed by atoms with Crippen molar-refractivity contribution in [3.05, 3.63) is 65.9 Å². The maximum Gasteiger partial charge on any atom is 0.212 e. The summed E-state index contributed by atoms with van der Waals surface area (Å²) in [6.07, 6.45) is 4.77. The number of hydrazone groups is 1. The second-order valence-corrected chi connectivity index (χ2v) is 6.08. The highest BCUT2D eigenvalue weighted by Crippen LogP contribution is 2.28. The van der Waals surface area contributed by atoms with E-state index < -0.39 is 0 Å². The van der Waals surface area contributed by atoms with Crippen LogP contribution in [0.25, 0.3) is 10.9 Å². The Morgan fingerprint density at radius 2 is 2.08 bits per heavy atom. The van der Waals surface area contributed by atoms with Gasteiger partial charge in [-0.1, -0.05) is 36.4 Å². The molecule has 6 nitrogen and oxygen atoms in total. The highest BCUT2D eigenvalue weighted by atomic mass is 16.5. The van der Waals surface area contributed by atoms with Crippen LogP contribution in [0.5, 0.6) is 5.75 Å². The van der Waals surface area contributed by atoms with Gasteiger partial charge in [0.2, 0.25) is 5.96 Å². The molecule has 0 atom stereocenters. The topological polar surface area (TPSA) is 73.8 Å². The summed E-state index contributed by atoms with van der Waals surface area (Å²) in [7, 11) is 0. The molecule has 0 radical (unpaired) electrons. The molecule has 6 heteroatoms. The minimum atomic E-state index is 0.528. The third kappa shape index (κ3) is 3.69. The molecule has 3 N–H and O–H groups in total. The van der Waals surface area contributed by atoms with Crippen molar-refractivity contribution in [1.82, 2.24) is 15.7 Å². The lowest BCUT2D eigenvalue weighted by Crippen LogP contribution is -2.38. The van der Waals surface area contributed by atoms with Crippen LogP contribution in [-0.4, -0.2) is 30.2 Å². The molecule has 3 aromatic rings. The third-order valence-corrected chi connectivity index (χ3v) is 4.21. The molecule has 26 heavy (non-hydrogen) atoms. The lowest BCUT2D eigenvalue weighted by atomic mass is 10.1. The lowest BCUT2D eigenvalue weighted by Gasteiger charge is -2.12. The summed E-state index contributed by atoms with van der Waals surface area (Å²) < 4.78 is 6.06. The molecule has 1 aliphatic rings. The van der Waals surface area contributed by atoms with Gasteiger partial charge in [0.15, 0.2) is 0 Å². The number of guanidine groups is 1. The maximum atomic E-state index is 6.06. The molecule has 0 saturated carbocycles. The van der Waals surface area contributed by atoms with E-state index in [2.05, 4.69) is 38.0 Å². The molecular formula is C20H21N5O. The van der Waals surface area contributed by atoms with Crippen LogP contribution in [0.4, 0.5) is 0 Å². The van der Waals surface area contributed by atoms with E-state index in [0.717, 1.165) is 47.3 Å². The monoisotopic (exact) mass is 347 g/mol. The van der Waals surface area contributed by atoms with Gasteiger partial charge in [-0.3, -0.25) is 4.99 Å². The molecule has 0 saturated heterocycles. The average molecular weight is 347 g/mol. The van der Waals surface area contributed by atoms with E-state index in [1.807, 2.05) is 42.6 Å². The van der Waals surface area contributed by atoms with Gasteiger partial charge >= 0.3 is 0 Å². The van der Waals surface area contributed by atoms with Crippen molar-refractivity contribution < 1.29 is 4.74 Å². The Hall–Kier alpha value is -3.28. The zero-order chi connectivity index (χ0) is 17.6. The van der Waals surface area contributed by atoms with E-state index in [0.29, 0.717) is 12.6 Å². The molecule has 0 amide bonds. The molecule has 0 unspecified atom stereocenters. The van der Waals surface area contributed by atoms with Crippen molar-refractivity contribution >= 4 is 23.1 Å². The number of aromatic amines is 1. The number of aromatic nitrogens is 1. The molecule has 2 heterocycles. The van der Waals surface area contributed by atoms with Gasteiger partial charge in [-0.25, -0.2) is 5.43 Å². The number of H-pyrrole nitrogens is 1. The molecule has 2 aromatic carbocycles. The van der Waals surface area contributed by atoms with Gasteiger partial charge in [0, 0.05) is 30.4 Å². The number of benzene rings is 2. The summed E-state index contributed by atoms with van der Waals surface area (Å²) >= 11 is 0. The smallest absolute Gasteiger partial charge is 0.212 e. The second kappa shape index (κ2) is 7.74. The van der Waals surface area contributed by atoms with Crippen molar-refractivity contribution in [3.63, 3.8) is 0 Å². The van der Waals surface area contributed by atoms with Gasteiger partial charge in [0.25, 0.3) is 0 Å². The van der Waals surface area contributed by atoms with Gasteiger partial charge in [0.05, 0.1) is 11.6 Å². The van der Waals surface area contributed by atoms with Gasteiger partial charge in [-0.15, -0.1) is 0 Å². The minimum Gasteiger partial charge on any atom is -0.488 e. The summed E-state index contributed by atoms with van der Waals surface area (Å²) in [4.78, 5) is 7.61. The number of hydrogen-bond acceptors (Lipinski definition) is 5. The third-order valence-electron chi connectivity index (χ3n) is 4.21. The van der Waals surface area contributed by atoms with Gasteiger partial charge in [0.1, 0.15) is 12.4 Å². The molecule has 0 spiro atoms. The summed E-state index contributed by atoms with van der Waals surface area (Å²) in [5.74, 6) is 1.55. The highest BCUT2D eigenvalue weighted by molar-refractivity contribution is 6.02.